The lowest BCUT2D eigenvalue weighted by atomic mass is 9.86. The van der Waals surface area contributed by atoms with Crippen LogP contribution in [0, 0.1) is 10.1 Å². The molecule has 0 bridgehead atoms. The maximum atomic E-state index is 12.7. The first-order valence-electron chi connectivity index (χ1n) is 9.37. The number of nitro benzene ring substituents is 1. The molecule has 8 nitrogen and oxygen atoms in total. The van der Waals surface area contributed by atoms with Gasteiger partial charge in [-0.1, -0.05) is 32.9 Å². The van der Waals surface area contributed by atoms with E-state index in [1.54, 1.807) is 12.1 Å². The summed E-state index contributed by atoms with van der Waals surface area (Å²) >= 11 is 0. The lowest BCUT2D eigenvalue weighted by Crippen LogP contribution is -2.43. The van der Waals surface area contributed by atoms with Crippen molar-refractivity contribution in [1.29, 1.82) is 0 Å². The van der Waals surface area contributed by atoms with E-state index in [9.17, 15) is 19.7 Å². The van der Waals surface area contributed by atoms with Crippen LogP contribution in [0.2, 0.25) is 0 Å². The summed E-state index contributed by atoms with van der Waals surface area (Å²) in [5.41, 5.74) is 1.68. The summed E-state index contributed by atoms with van der Waals surface area (Å²) in [6.45, 7) is 6.21. The third-order valence-corrected chi connectivity index (χ3v) is 4.70. The topological polar surface area (TPSA) is 108 Å². The van der Waals surface area contributed by atoms with Crippen LogP contribution in [0.15, 0.2) is 42.5 Å². The Hall–Kier alpha value is -3.42. The number of hydrogen-bond acceptors (Lipinski definition) is 6. The molecule has 0 aliphatic carbocycles. The van der Waals surface area contributed by atoms with Crippen molar-refractivity contribution in [2.75, 3.05) is 14.2 Å². The van der Waals surface area contributed by atoms with Crippen LogP contribution in [0.25, 0.3) is 0 Å². The number of esters is 1. The average Bonchev–Trinajstić information content (AvgIpc) is 2.71. The molecule has 2 rings (SSSR count). The molecule has 0 heterocycles. The number of methoxy groups -OCH3 is 2. The van der Waals surface area contributed by atoms with Crippen molar-refractivity contribution in [3.63, 3.8) is 0 Å². The van der Waals surface area contributed by atoms with Gasteiger partial charge in [0.1, 0.15) is 11.8 Å². The molecule has 2 aromatic rings. The second kappa shape index (κ2) is 9.39. The van der Waals surface area contributed by atoms with Gasteiger partial charge < -0.3 is 14.8 Å². The Morgan fingerprint density at radius 2 is 1.73 bits per heavy atom. The third-order valence-electron chi connectivity index (χ3n) is 4.70. The summed E-state index contributed by atoms with van der Waals surface area (Å²) in [5.74, 6) is -0.739. The largest absolute Gasteiger partial charge is 0.496 e. The number of hydrogen-bond donors (Lipinski definition) is 1. The Morgan fingerprint density at radius 3 is 2.23 bits per heavy atom. The molecule has 1 amide bonds. The van der Waals surface area contributed by atoms with Crippen LogP contribution in [0.3, 0.4) is 0 Å². The molecular formula is C22H26N2O6. The highest BCUT2D eigenvalue weighted by atomic mass is 16.6. The number of benzene rings is 2. The number of rotatable bonds is 7. The number of ether oxygens (including phenoxy) is 2. The molecule has 1 N–H and O–H groups in total. The second-order valence-corrected chi connectivity index (χ2v) is 7.83. The van der Waals surface area contributed by atoms with E-state index in [1.807, 2.05) is 12.1 Å². The van der Waals surface area contributed by atoms with E-state index in [0.717, 1.165) is 5.56 Å². The zero-order chi connectivity index (χ0) is 22.5. The SMILES string of the molecule is COC(=O)[C@@H](Cc1cc([N+](=O)[O-])ccc1OC)NC(=O)c1ccc(C(C)(C)C)cc1. The van der Waals surface area contributed by atoms with Crippen molar-refractivity contribution in [1.82, 2.24) is 5.32 Å². The Morgan fingerprint density at radius 1 is 1.10 bits per heavy atom. The van der Waals surface area contributed by atoms with Gasteiger partial charge in [0.15, 0.2) is 0 Å². The standard InChI is InChI=1S/C22H26N2O6/c1-22(2,3)16-8-6-14(7-9-16)20(25)23-18(21(26)30-5)13-15-12-17(24(27)28)10-11-19(15)29-4/h6-12,18H,13H2,1-5H3,(H,23,25)/t18-/m1/s1. The lowest BCUT2D eigenvalue weighted by Gasteiger charge is -2.20. The Labute approximate surface area is 175 Å². The molecule has 0 unspecified atom stereocenters. The first-order chi connectivity index (χ1) is 14.1. The van der Waals surface area contributed by atoms with Crippen LogP contribution in [0.5, 0.6) is 5.75 Å². The summed E-state index contributed by atoms with van der Waals surface area (Å²) in [6, 6.07) is 10.2. The van der Waals surface area contributed by atoms with Gasteiger partial charge in [0.2, 0.25) is 0 Å². The van der Waals surface area contributed by atoms with Gasteiger partial charge in [0, 0.05) is 29.7 Å². The van der Waals surface area contributed by atoms with E-state index in [2.05, 4.69) is 26.1 Å². The normalized spacial score (nSPS) is 12.0. The van der Waals surface area contributed by atoms with E-state index in [4.69, 9.17) is 9.47 Å². The molecule has 8 heteroatoms. The van der Waals surface area contributed by atoms with Gasteiger partial charge in [-0.05, 0) is 29.2 Å². The number of nitro groups is 1. The second-order valence-electron chi connectivity index (χ2n) is 7.83. The van der Waals surface area contributed by atoms with Gasteiger partial charge >= 0.3 is 5.97 Å². The molecule has 0 aliphatic heterocycles. The maximum absolute atomic E-state index is 12.7. The Bertz CT molecular complexity index is 932. The van der Waals surface area contributed by atoms with Gasteiger partial charge in [0.25, 0.3) is 11.6 Å². The van der Waals surface area contributed by atoms with Gasteiger partial charge in [-0.15, -0.1) is 0 Å². The highest BCUT2D eigenvalue weighted by Gasteiger charge is 2.25. The van der Waals surface area contributed by atoms with E-state index >= 15 is 0 Å². The van der Waals surface area contributed by atoms with Crippen LogP contribution in [-0.2, 0) is 21.4 Å². The first kappa shape index (κ1) is 22.9. The van der Waals surface area contributed by atoms with E-state index < -0.39 is 22.8 Å². The third kappa shape index (κ3) is 5.56. The van der Waals surface area contributed by atoms with Crippen molar-refractivity contribution >= 4 is 17.6 Å². The molecule has 0 radical (unpaired) electrons. The minimum atomic E-state index is -1.04. The summed E-state index contributed by atoms with van der Waals surface area (Å²) in [5, 5.41) is 13.7. The minimum Gasteiger partial charge on any atom is -0.496 e. The average molecular weight is 414 g/mol. The lowest BCUT2D eigenvalue weighted by molar-refractivity contribution is -0.384. The van der Waals surface area contributed by atoms with Crippen LogP contribution >= 0.6 is 0 Å². The summed E-state index contributed by atoms with van der Waals surface area (Å²) in [4.78, 5) is 35.5. The molecule has 2 aromatic carbocycles. The maximum Gasteiger partial charge on any atom is 0.328 e. The fourth-order valence-electron chi connectivity index (χ4n) is 2.96. The fourth-order valence-corrected chi connectivity index (χ4v) is 2.96. The zero-order valence-electron chi connectivity index (χ0n) is 17.7. The van der Waals surface area contributed by atoms with Gasteiger partial charge in [0.05, 0.1) is 19.1 Å². The van der Waals surface area contributed by atoms with Crippen LogP contribution in [0.4, 0.5) is 5.69 Å². The van der Waals surface area contributed by atoms with Crippen molar-refractivity contribution in [2.24, 2.45) is 0 Å². The van der Waals surface area contributed by atoms with E-state index in [0.29, 0.717) is 16.9 Å². The zero-order valence-corrected chi connectivity index (χ0v) is 17.7. The first-order valence-corrected chi connectivity index (χ1v) is 9.37. The van der Waals surface area contributed by atoms with E-state index in [1.165, 1.54) is 32.4 Å². The van der Waals surface area contributed by atoms with Crippen molar-refractivity contribution in [2.45, 2.75) is 38.6 Å². The molecule has 0 fully saturated rings. The molecule has 0 saturated carbocycles. The predicted octanol–water partition coefficient (Wildman–Crippen LogP) is 3.42. The monoisotopic (exact) mass is 414 g/mol. The Kier molecular flexibility index (Phi) is 7.15. The number of carbonyl (C=O) groups is 2. The number of carbonyl (C=O) groups excluding carboxylic acids is 2. The molecule has 0 aliphatic rings. The molecule has 160 valence electrons. The summed E-state index contributed by atoms with van der Waals surface area (Å²) in [6.07, 6.45) is -0.0245. The molecule has 0 saturated heterocycles. The summed E-state index contributed by atoms with van der Waals surface area (Å²) in [7, 11) is 2.64. The number of amides is 1. The van der Waals surface area contributed by atoms with Crippen molar-refractivity contribution in [3.8, 4) is 5.75 Å². The predicted molar refractivity (Wildman–Crippen MR) is 112 cm³/mol. The minimum absolute atomic E-state index is 0.0245. The smallest absolute Gasteiger partial charge is 0.328 e. The highest BCUT2D eigenvalue weighted by Crippen LogP contribution is 2.26. The number of nitrogens with zero attached hydrogens (tertiary/aromatic N) is 1. The van der Waals surface area contributed by atoms with Crippen LogP contribution in [-0.4, -0.2) is 37.1 Å². The van der Waals surface area contributed by atoms with Gasteiger partial charge in [-0.3, -0.25) is 14.9 Å². The van der Waals surface area contributed by atoms with Crippen LogP contribution < -0.4 is 10.1 Å². The molecule has 0 aromatic heterocycles. The van der Waals surface area contributed by atoms with Crippen molar-refractivity contribution < 1.29 is 24.0 Å². The molecule has 0 spiro atoms. The molecule has 1 atom stereocenters. The molecular weight excluding hydrogens is 388 g/mol. The highest BCUT2D eigenvalue weighted by molar-refractivity contribution is 5.96. The number of nitrogens with one attached hydrogen (secondary N) is 1. The van der Waals surface area contributed by atoms with E-state index in [-0.39, 0.29) is 17.5 Å². The van der Waals surface area contributed by atoms with Crippen LogP contribution in [0.1, 0.15) is 42.3 Å². The Balaban J connectivity index is 2.27. The number of non-ortho nitro benzene ring substituents is 1. The van der Waals surface area contributed by atoms with Gasteiger partial charge in [-0.2, -0.15) is 0 Å². The summed E-state index contributed by atoms with van der Waals surface area (Å²) < 4.78 is 10.0. The fraction of sp³-hybridized carbons (Fsp3) is 0.364. The quantitative estimate of drug-likeness (QED) is 0.423. The van der Waals surface area contributed by atoms with Gasteiger partial charge in [-0.25, -0.2) is 4.79 Å². The van der Waals surface area contributed by atoms with Crippen molar-refractivity contribution in [3.05, 3.63) is 69.3 Å². The molecule has 30 heavy (non-hydrogen) atoms.